The van der Waals surface area contributed by atoms with Crippen LogP contribution in [0.5, 0.6) is 0 Å². The van der Waals surface area contributed by atoms with Gasteiger partial charge < -0.3 is 9.84 Å². The Morgan fingerprint density at radius 3 is 2.42 bits per heavy atom. The topological polar surface area (TPSA) is 46.5 Å². The number of benzene rings is 1. The Morgan fingerprint density at radius 1 is 0.939 bits per heavy atom. The Labute approximate surface area is 198 Å². The van der Waals surface area contributed by atoms with Crippen LogP contribution >= 0.6 is 0 Å². The van der Waals surface area contributed by atoms with Crippen LogP contribution in [0, 0.1) is 34.0 Å². The Kier molecular flexibility index (Phi) is 4.64. The fraction of sp³-hybridized carbons (Fsp3) is 0.633. The molecule has 0 spiro atoms. The predicted octanol–water partition coefficient (Wildman–Crippen LogP) is 6.54. The highest BCUT2D eigenvalue weighted by Gasteiger charge is 2.62. The molecule has 1 aliphatic heterocycles. The van der Waals surface area contributed by atoms with Crippen LogP contribution in [0.4, 0.5) is 0 Å². The van der Waals surface area contributed by atoms with Gasteiger partial charge >= 0.3 is 5.97 Å². The Bertz CT molecular complexity index is 1050. The molecular weight excluding hydrogens is 408 g/mol. The Morgan fingerprint density at radius 2 is 1.67 bits per heavy atom. The van der Waals surface area contributed by atoms with E-state index in [1.807, 2.05) is 0 Å². The minimum Gasteiger partial charge on any atom is -0.430 e. The van der Waals surface area contributed by atoms with Crippen molar-refractivity contribution in [3.8, 4) is 0 Å². The first-order valence-corrected chi connectivity index (χ1v) is 13.0. The average molecular weight is 447 g/mol. The third kappa shape index (κ3) is 2.87. The van der Waals surface area contributed by atoms with Crippen molar-refractivity contribution in [1.82, 2.24) is 0 Å². The minimum absolute atomic E-state index is 0.0500. The van der Waals surface area contributed by atoms with Crippen molar-refractivity contribution in [3.63, 3.8) is 0 Å². The summed E-state index contributed by atoms with van der Waals surface area (Å²) in [7, 11) is 0. The molecule has 1 aromatic rings. The first kappa shape index (κ1) is 21.6. The van der Waals surface area contributed by atoms with Crippen molar-refractivity contribution >= 4 is 5.97 Å². The first-order valence-electron chi connectivity index (χ1n) is 13.0. The fourth-order valence-electron chi connectivity index (χ4n) is 8.79. The molecule has 0 amide bonds. The van der Waals surface area contributed by atoms with Crippen LogP contribution in [0.3, 0.4) is 0 Å². The Balaban J connectivity index is 1.41. The molecule has 0 bridgehead atoms. The van der Waals surface area contributed by atoms with Gasteiger partial charge in [0.15, 0.2) is 0 Å². The van der Waals surface area contributed by atoms with E-state index in [0.717, 1.165) is 44.3 Å². The zero-order valence-corrected chi connectivity index (χ0v) is 20.6. The monoisotopic (exact) mass is 446 g/mol. The lowest BCUT2D eigenvalue weighted by molar-refractivity contribution is -0.155. The number of aliphatic hydroxyl groups is 1. The summed E-state index contributed by atoms with van der Waals surface area (Å²) in [5, 5.41) is 10.3. The van der Waals surface area contributed by atoms with Crippen LogP contribution < -0.4 is 0 Å². The van der Waals surface area contributed by atoms with Crippen molar-refractivity contribution < 1.29 is 14.6 Å². The predicted molar refractivity (Wildman–Crippen MR) is 129 cm³/mol. The van der Waals surface area contributed by atoms with E-state index in [1.165, 1.54) is 23.1 Å². The highest BCUT2D eigenvalue weighted by atomic mass is 16.5. The summed E-state index contributed by atoms with van der Waals surface area (Å²) in [6.45, 7) is 8.99. The fourth-order valence-corrected chi connectivity index (χ4v) is 8.79. The van der Waals surface area contributed by atoms with Gasteiger partial charge in [0.1, 0.15) is 5.76 Å². The molecule has 0 saturated heterocycles. The molecule has 33 heavy (non-hydrogen) atoms. The standard InChI is InChI=1S/C30H38O3/c1-28(2)25(18-8-6-5-7-9-18)22-17-24-21-11-10-19-16-20(31)12-14-29(19,3)23(21)13-15-30(24,4)26(22)33-27(28)32/h5-10,20-21,23-25,31H,11-17H2,1-4H3/t20-,21-,23+,24-,25+,29-,30-/m0/s1. The number of rotatable bonds is 1. The van der Waals surface area contributed by atoms with E-state index in [-0.39, 0.29) is 28.8 Å². The molecule has 0 radical (unpaired) electrons. The molecule has 176 valence electrons. The molecule has 1 heterocycles. The van der Waals surface area contributed by atoms with Crippen LogP contribution in [0.1, 0.15) is 84.1 Å². The van der Waals surface area contributed by atoms with Gasteiger partial charge in [-0.05, 0) is 93.1 Å². The zero-order valence-electron chi connectivity index (χ0n) is 20.6. The maximum absolute atomic E-state index is 13.3. The number of fused-ring (bicyclic) bond motifs is 6. The number of allylic oxidation sites excluding steroid dienone is 3. The van der Waals surface area contributed by atoms with Crippen LogP contribution in [0.2, 0.25) is 0 Å². The quantitative estimate of drug-likeness (QED) is 0.393. The molecule has 2 fully saturated rings. The molecule has 4 aliphatic carbocycles. The summed E-state index contributed by atoms with van der Waals surface area (Å²) in [6.07, 6.45) is 9.65. The molecule has 6 rings (SSSR count). The van der Waals surface area contributed by atoms with E-state index in [0.29, 0.717) is 17.8 Å². The summed E-state index contributed by atoms with van der Waals surface area (Å²) >= 11 is 0. The maximum Gasteiger partial charge on any atom is 0.317 e. The SMILES string of the molecule is CC1(C)C(=O)OC2=C(C[C@H]3[C@H]4CC=C5C[C@@H](O)CC[C@]5(C)[C@@H]4CC[C@]23C)[C@H]1c1ccccc1. The van der Waals surface area contributed by atoms with Gasteiger partial charge in [0, 0.05) is 11.3 Å². The zero-order chi connectivity index (χ0) is 23.2. The lowest BCUT2D eigenvalue weighted by Crippen LogP contribution is -2.50. The van der Waals surface area contributed by atoms with Crippen molar-refractivity contribution in [2.45, 2.75) is 84.7 Å². The van der Waals surface area contributed by atoms with Crippen LogP contribution in [-0.4, -0.2) is 17.2 Å². The molecular formula is C30H38O3. The third-order valence-electron chi connectivity index (χ3n) is 10.6. The minimum atomic E-state index is -0.561. The molecule has 2 saturated carbocycles. The van der Waals surface area contributed by atoms with Crippen molar-refractivity contribution in [2.75, 3.05) is 0 Å². The number of hydrogen-bond donors (Lipinski definition) is 1. The summed E-state index contributed by atoms with van der Waals surface area (Å²) in [5.74, 6) is 2.85. The highest BCUT2D eigenvalue weighted by molar-refractivity contribution is 5.81. The smallest absolute Gasteiger partial charge is 0.317 e. The third-order valence-corrected chi connectivity index (χ3v) is 10.6. The highest BCUT2D eigenvalue weighted by Crippen LogP contribution is 2.69. The summed E-state index contributed by atoms with van der Waals surface area (Å²) in [4.78, 5) is 13.3. The van der Waals surface area contributed by atoms with Crippen LogP contribution in [-0.2, 0) is 9.53 Å². The summed E-state index contributed by atoms with van der Waals surface area (Å²) in [5.41, 5.74) is 3.75. The van der Waals surface area contributed by atoms with E-state index in [9.17, 15) is 9.90 Å². The van der Waals surface area contributed by atoms with Gasteiger partial charge in [0.05, 0.1) is 11.5 Å². The van der Waals surface area contributed by atoms with Crippen LogP contribution in [0.25, 0.3) is 0 Å². The summed E-state index contributed by atoms with van der Waals surface area (Å²) < 4.78 is 6.27. The number of aliphatic hydroxyl groups excluding tert-OH is 1. The normalized spacial score (nSPS) is 43.6. The van der Waals surface area contributed by atoms with Gasteiger partial charge in [-0.2, -0.15) is 0 Å². The van der Waals surface area contributed by atoms with E-state index in [4.69, 9.17) is 4.74 Å². The molecule has 5 aliphatic rings. The number of ether oxygens (including phenoxy) is 1. The van der Waals surface area contributed by atoms with Gasteiger partial charge in [-0.3, -0.25) is 4.79 Å². The van der Waals surface area contributed by atoms with E-state index < -0.39 is 5.41 Å². The Hall–Kier alpha value is -1.87. The second kappa shape index (κ2) is 7.07. The van der Waals surface area contributed by atoms with Gasteiger partial charge in [-0.25, -0.2) is 0 Å². The van der Waals surface area contributed by atoms with Crippen LogP contribution in [0.15, 0.2) is 53.3 Å². The van der Waals surface area contributed by atoms with Crippen molar-refractivity contribution in [3.05, 3.63) is 58.9 Å². The second-order valence-electron chi connectivity index (χ2n) is 12.6. The van der Waals surface area contributed by atoms with Crippen molar-refractivity contribution in [1.29, 1.82) is 0 Å². The number of carbonyl (C=O) groups is 1. The van der Waals surface area contributed by atoms with E-state index >= 15 is 0 Å². The molecule has 0 aromatic heterocycles. The molecule has 1 N–H and O–H groups in total. The van der Waals surface area contributed by atoms with E-state index in [1.54, 1.807) is 0 Å². The van der Waals surface area contributed by atoms with Gasteiger partial charge in [0.25, 0.3) is 0 Å². The second-order valence-corrected chi connectivity index (χ2v) is 12.6. The largest absolute Gasteiger partial charge is 0.430 e. The first-order chi connectivity index (χ1) is 15.7. The average Bonchev–Trinajstić information content (AvgIpc) is 3.07. The molecule has 1 aromatic carbocycles. The molecule has 3 heteroatoms. The van der Waals surface area contributed by atoms with Gasteiger partial charge in [-0.1, -0.05) is 55.8 Å². The van der Waals surface area contributed by atoms with Crippen molar-refractivity contribution in [2.24, 2.45) is 34.0 Å². The molecule has 0 unspecified atom stereocenters. The lowest BCUT2D eigenvalue weighted by Gasteiger charge is -2.57. The van der Waals surface area contributed by atoms with E-state index in [2.05, 4.69) is 64.1 Å². The summed E-state index contributed by atoms with van der Waals surface area (Å²) in [6, 6.07) is 10.6. The number of esters is 1. The maximum atomic E-state index is 13.3. The number of hydrogen-bond acceptors (Lipinski definition) is 3. The van der Waals surface area contributed by atoms with Gasteiger partial charge in [0.2, 0.25) is 0 Å². The van der Waals surface area contributed by atoms with Gasteiger partial charge in [-0.15, -0.1) is 0 Å². The molecule has 7 atom stereocenters. The number of carbonyl (C=O) groups excluding carboxylic acids is 1. The molecule has 3 nitrogen and oxygen atoms in total. The lowest BCUT2D eigenvalue weighted by atomic mass is 9.48.